The Hall–Kier alpha value is -1.57. The molecule has 1 heterocycles. The van der Waals surface area contributed by atoms with E-state index in [-0.39, 0.29) is 0 Å². The van der Waals surface area contributed by atoms with Gasteiger partial charge in [0.05, 0.1) is 10.4 Å². The van der Waals surface area contributed by atoms with Gasteiger partial charge in [-0.25, -0.2) is 0 Å². The number of rotatable bonds is 2. The van der Waals surface area contributed by atoms with Crippen molar-refractivity contribution in [2.75, 3.05) is 0 Å². The van der Waals surface area contributed by atoms with E-state index in [1.165, 1.54) is 5.56 Å². The Bertz CT molecular complexity index is 723. The fraction of sp³-hybridized carbons (Fsp3) is 0.0625. The predicted octanol–water partition coefficient (Wildman–Crippen LogP) is 4.48. The maximum absolute atomic E-state index is 6.34. The van der Waals surface area contributed by atoms with Crippen molar-refractivity contribution < 1.29 is 4.57 Å². The standard InChI is InChI=1S/C16H12Cl2N/c17-14-10-16(18)19(11-12-6-2-1-3-7-12)15-9-5-4-8-13(14)15/h1-10H,11H2/q+1. The Morgan fingerprint density at radius 1 is 0.842 bits per heavy atom. The summed E-state index contributed by atoms with van der Waals surface area (Å²) in [6.45, 7) is 0.733. The number of hydrogen-bond acceptors (Lipinski definition) is 0. The van der Waals surface area contributed by atoms with Crippen molar-refractivity contribution >= 4 is 34.1 Å². The van der Waals surface area contributed by atoms with Crippen molar-refractivity contribution in [3.63, 3.8) is 0 Å². The highest BCUT2D eigenvalue weighted by atomic mass is 35.5. The van der Waals surface area contributed by atoms with E-state index in [1.807, 2.05) is 42.5 Å². The Kier molecular flexibility index (Phi) is 3.41. The van der Waals surface area contributed by atoms with Crippen molar-refractivity contribution in [2.24, 2.45) is 0 Å². The summed E-state index contributed by atoms with van der Waals surface area (Å²) in [6, 6.07) is 20.1. The van der Waals surface area contributed by atoms with E-state index >= 15 is 0 Å². The molecule has 0 aliphatic rings. The van der Waals surface area contributed by atoms with Gasteiger partial charge in [0.25, 0.3) is 5.15 Å². The van der Waals surface area contributed by atoms with Crippen LogP contribution in [0.3, 0.4) is 0 Å². The van der Waals surface area contributed by atoms with Gasteiger partial charge in [0.1, 0.15) is 0 Å². The topological polar surface area (TPSA) is 3.88 Å². The Balaban J connectivity index is 2.18. The average Bonchev–Trinajstić information content (AvgIpc) is 2.45. The fourth-order valence-electron chi connectivity index (χ4n) is 2.21. The minimum absolute atomic E-state index is 0.646. The summed E-state index contributed by atoms with van der Waals surface area (Å²) in [5.74, 6) is 0. The molecule has 0 amide bonds. The Morgan fingerprint density at radius 3 is 2.32 bits per heavy atom. The quantitative estimate of drug-likeness (QED) is 0.483. The molecule has 3 rings (SSSR count). The van der Waals surface area contributed by atoms with Crippen LogP contribution in [0.4, 0.5) is 0 Å². The molecule has 0 bridgehead atoms. The van der Waals surface area contributed by atoms with Gasteiger partial charge in [0, 0.05) is 17.7 Å². The van der Waals surface area contributed by atoms with Gasteiger partial charge in [-0.05, 0) is 17.7 Å². The molecule has 2 aromatic carbocycles. The normalized spacial score (nSPS) is 10.8. The first-order chi connectivity index (χ1) is 9.25. The Labute approximate surface area is 122 Å². The van der Waals surface area contributed by atoms with Gasteiger partial charge in [-0.2, -0.15) is 4.57 Å². The smallest absolute Gasteiger partial charge is 0.177 e. The average molecular weight is 289 g/mol. The molecule has 0 saturated carbocycles. The van der Waals surface area contributed by atoms with Crippen LogP contribution in [-0.2, 0) is 6.54 Å². The molecule has 0 aliphatic heterocycles. The molecule has 0 unspecified atom stereocenters. The molecule has 0 N–H and O–H groups in total. The molecule has 0 saturated heterocycles. The number of halogens is 2. The molecule has 19 heavy (non-hydrogen) atoms. The molecule has 1 aromatic heterocycles. The molecular formula is C16H12Cl2N+. The second kappa shape index (κ2) is 5.20. The first kappa shape index (κ1) is 12.5. The molecule has 0 atom stereocenters. The number of fused-ring (bicyclic) bond motifs is 1. The van der Waals surface area contributed by atoms with E-state index in [0.29, 0.717) is 10.2 Å². The van der Waals surface area contributed by atoms with Crippen LogP contribution in [-0.4, -0.2) is 0 Å². The minimum Gasteiger partial charge on any atom is -0.177 e. The lowest BCUT2D eigenvalue weighted by Gasteiger charge is -2.05. The lowest BCUT2D eigenvalue weighted by molar-refractivity contribution is -0.660. The highest BCUT2D eigenvalue weighted by molar-refractivity contribution is 6.37. The van der Waals surface area contributed by atoms with Crippen LogP contribution < -0.4 is 4.57 Å². The highest BCUT2D eigenvalue weighted by Gasteiger charge is 2.17. The van der Waals surface area contributed by atoms with Crippen molar-refractivity contribution in [2.45, 2.75) is 6.54 Å². The molecule has 3 heteroatoms. The second-order valence-corrected chi connectivity index (χ2v) is 5.20. The van der Waals surface area contributed by atoms with Crippen LogP contribution in [0.5, 0.6) is 0 Å². The first-order valence-corrected chi connectivity index (χ1v) is 6.82. The van der Waals surface area contributed by atoms with Crippen LogP contribution in [0.15, 0.2) is 60.7 Å². The first-order valence-electron chi connectivity index (χ1n) is 6.06. The number of nitrogens with zero attached hydrogens (tertiary/aromatic N) is 1. The van der Waals surface area contributed by atoms with Gasteiger partial charge >= 0.3 is 0 Å². The summed E-state index contributed by atoms with van der Waals surface area (Å²) in [5, 5.41) is 2.35. The van der Waals surface area contributed by atoms with Crippen molar-refractivity contribution in [3.05, 3.63) is 76.4 Å². The monoisotopic (exact) mass is 288 g/mol. The van der Waals surface area contributed by atoms with Crippen molar-refractivity contribution in [3.8, 4) is 0 Å². The Morgan fingerprint density at radius 2 is 1.53 bits per heavy atom. The van der Waals surface area contributed by atoms with E-state index in [0.717, 1.165) is 17.4 Å². The third kappa shape index (κ3) is 2.44. The summed E-state index contributed by atoms with van der Waals surface area (Å²) in [6.07, 6.45) is 0. The van der Waals surface area contributed by atoms with E-state index < -0.39 is 0 Å². The van der Waals surface area contributed by atoms with Gasteiger partial charge in [-0.3, -0.25) is 0 Å². The molecule has 94 valence electrons. The maximum atomic E-state index is 6.34. The zero-order valence-electron chi connectivity index (χ0n) is 10.2. The summed E-state index contributed by atoms with van der Waals surface area (Å²) in [4.78, 5) is 0. The third-order valence-electron chi connectivity index (χ3n) is 3.14. The highest BCUT2D eigenvalue weighted by Crippen LogP contribution is 2.24. The van der Waals surface area contributed by atoms with E-state index in [4.69, 9.17) is 23.2 Å². The zero-order valence-corrected chi connectivity index (χ0v) is 11.7. The third-order valence-corrected chi connectivity index (χ3v) is 3.77. The number of aromatic nitrogens is 1. The molecule has 0 radical (unpaired) electrons. The largest absolute Gasteiger partial charge is 0.277 e. The number of benzene rings is 2. The minimum atomic E-state index is 0.646. The van der Waals surface area contributed by atoms with Crippen LogP contribution in [0.1, 0.15) is 5.56 Å². The molecule has 1 nitrogen and oxygen atoms in total. The van der Waals surface area contributed by atoms with Gasteiger partial charge < -0.3 is 0 Å². The van der Waals surface area contributed by atoms with Crippen LogP contribution in [0, 0.1) is 0 Å². The van der Waals surface area contributed by atoms with E-state index in [1.54, 1.807) is 6.07 Å². The lowest BCUT2D eigenvalue weighted by Crippen LogP contribution is -2.36. The summed E-state index contributed by atoms with van der Waals surface area (Å²) in [5.41, 5.74) is 2.26. The summed E-state index contributed by atoms with van der Waals surface area (Å²) < 4.78 is 2.07. The van der Waals surface area contributed by atoms with E-state index in [2.05, 4.69) is 16.7 Å². The molecule has 0 spiro atoms. The van der Waals surface area contributed by atoms with Gasteiger partial charge in [-0.1, -0.05) is 54.1 Å². The van der Waals surface area contributed by atoms with Crippen molar-refractivity contribution in [1.29, 1.82) is 0 Å². The number of pyridine rings is 1. The molecule has 3 aromatic rings. The van der Waals surface area contributed by atoms with Crippen molar-refractivity contribution in [1.82, 2.24) is 0 Å². The summed E-state index contributed by atoms with van der Waals surface area (Å²) in [7, 11) is 0. The fourth-order valence-corrected chi connectivity index (χ4v) is 2.79. The van der Waals surface area contributed by atoms with E-state index in [9.17, 15) is 0 Å². The van der Waals surface area contributed by atoms with Crippen LogP contribution >= 0.6 is 23.2 Å². The number of para-hydroxylation sites is 1. The predicted molar refractivity (Wildman–Crippen MR) is 79.7 cm³/mol. The van der Waals surface area contributed by atoms with Gasteiger partial charge in [0.2, 0.25) is 5.52 Å². The molecule has 0 fully saturated rings. The lowest BCUT2D eigenvalue weighted by atomic mass is 10.2. The zero-order chi connectivity index (χ0) is 13.2. The van der Waals surface area contributed by atoms with Crippen LogP contribution in [0.25, 0.3) is 10.9 Å². The SMILES string of the molecule is Clc1cc(Cl)[n+](Cc2ccccc2)c2ccccc12. The second-order valence-electron chi connectivity index (χ2n) is 4.40. The van der Waals surface area contributed by atoms with Gasteiger partial charge in [0.15, 0.2) is 6.54 Å². The van der Waals surface area contributed by atoms with Crippen LogP contribution in [0.2, 0.25) is 10.2 Å². The molecule has 0 aliphatic carbocycles. The molecular weight excluding hydrogens is 277 g/mol. The number of hydrogen-bond donors (Lipinski definition) is 0. The van der Waals surface area contributed by atoms with Gasteiger partial charge in [-0.15, -0.1) is 0 Å². The maximum Gasteiger partial charge on any atom is 0.277 e. The summed E-state index contributed by atoms with van der Waals surface area (Å²) >= 11 is 12.6.